The smallest absolute Gasteiger partial charge is 0.326 e. The Kier molecular flexibility index (Phi) is 12.3. The maximum absolute atomic E-state index is 11.3. The van der Waals surface area contributed by atoms with E-state index >= 15 is 0 Å². The maximum Gasteiger partial charge on any atom is 0.326 e. The fourth-order valence-corrected chi connectivity index (χ4v) is 7.01. The summed E-state index contributed by atoms with van der Waals surface area (Å²) in [6, 6.07) is 2.74. The zero-order valence-corrected chi connectivity index (χ0v) is 25.3. The van der Waals surface area contributed by atoms with E-state index in [1.807, 2.05) is 6.07 Å². The Morgan fingerprint density at radius 1 is 1.00 bits per heavy atom. The second kappa shape index (κ2) is 15.7. The fourth-order valence-electron chi connectivity index (χ4n) is 6.50. The summed E-state index contributed by atoms with van der Waals surface area (Å²) in [4.78, 5) is 31.9. The van der Waals surface area contributed by atoms with Crippen LogP contribution in [0.25, 0.3) is 0 Å². The molecule has 7 N–H and O–H groups in total. The molecule has 1 aliphatic heterocycles. The predicted molar refractivity (Wildman–Crippen MR) is 163 cm³/mol. The maximum atomic E-state index is 11.3. The average molecular weight is 581 g/mol. The van der Waals surface area contributed by atoms with Gasteiger partial charge in [0.05, 0.1) is 6.16 Å². The average Bonchev–Trinajstić information content (AvgIpc) is 2.93. The number of nitrogens with zero attached hydrogens (tertiary/aromatic N) is 4. The van der Waals surface area contributed by atoms with Gasteiger partial charge in [0, 0.05) is 50.9 Å². The molecule has 2 aliphatic carbocycles. The van der Waals surface area contributed by atoms with Gasteiger partial charge in [-0.3, -0.25) is 9.46 Å². The summed E-state index contributed by atoms with van der Waals surface area (Å²) in [6.07, 6.45) is 13.0. The lowest BCUT2D eigenvalue weighted by atomic mass is 9.82. The molecule has 1 aromatic rings. The van der Waals surface area contributed by atoms with Crippen LogP contribution in [0.3, 0.4) is 0 Å². The van der Waals surface area contributed by atoms with Gasteiger partial charge in [-0.15, -0.1) is 0 Å². The predicted octanol–water partition coefficient (Wildman–Crippen LogP) is 2.87. The molecule has 0 amide bonds. The molecule has 3 fully saturated rings. The van der Waals surface area contributed by atoms with Crippen LogP contribution in [-0.2, 0) is 4.57 Å². The van der Waals surface area contributed by atoms with Crippen molar-refractivity contribution in [3.05, 3.63) is 6.07 Å². The number of nitrogens with two attached hydrogens (primary N) is 1. The number of aromatic nitrogens is 2. The molecule has 11 nitrogen and oxygen atoms in total. The van der Waals surface area contributed by atoms with Crippen molar-refractivity contribution in [1.82, 2.24) is 25.5 Å². The van der Waals surface area contributed by atoms with Crippen LogP contribution in [0.4, 0.5) is 17.6 Å². The van der Waals surface area contributed by atoms with Gasteiger partial charge in [0.15, 0.2) is 0 Å². The topological polar surface area (TPSA) is 152 Å². The normalized spacial score (nSPS) is 25.3. The minimum absolute atomic E-state index is 0.109. The third-order valence-electron chi connectivity index (χ3n) is 9.02. The number of nitrogen functional groups attached to an aromatic ring is 1. The number of piperazine rings is 1. The van der Waals surface area contributed by atoms with Crippen molar-refractivity contribution in [3.8, 4) is 0 Å². The highest BCUT2D eigenvalue weighted by molar-refractivity contribution is 7.51. The van der Waals surface area contributed by atoms with E-state index < -0.39 is 7.60 Å². The van der Waals surface area contributed by atoms with Crippen molar-refractivity contribution in [3.63, 3.8) is 0 Å². The largest absolute Gasteiger partial charge is 0.383 e. The van der Waals surface area contributed by atoms with Gasteiger partial charge in [-0.1, -0.05) is 19.3 Å². The van der Waals surface area contributed by atoms with E-state index in [2.05, 4.69) is 37.7 Å². The minimum Gasteiger partial charge on any atom is -0.383 e. The summed E-state index contributed by atoms with van der Waals surface area (Å²) in [5.41, 5.74) is 6.14. The van der Waals surface area contributed by atoms with Gasteiger partial charge in [-0.25, -0.2) is 0 Å². The molecule has 0 aromatic carbocycles. The molecule has 2 heterocycles. The lowest BCUT2D eigenvalue weighted by Crippen LogP contribution is -2.52. The number of hydrogen-bond donors (Lipinski definition) is 6. The fraction of sp³-hybridized carbons (Fsp3) is 0.857. The van der Waals surface area contributed by atoms with E-state index in [-0.39, 0.29) is 12.2 Å². The molecule has 228 valence electrons. The molecule has 1 aromatic heterocycles. The highest BCUT2D eigenvalue weighted by Gasteiger charge is 2.27. The van der Waals surface area contributed by atoms with Crippen LogP contribution >= 0.6 is 7.60 Å². The van der Waals surface area contributed by atoms with Crippen LogP contribution < -0.4 is 26.6 Å². The van der Waals surface area contributed by atoms with Gasteiger partial charge >= 0.3 is 7.60 Å². The zero-order valence-electron chi connectivity index (χ0n) is 24.4. The molecule has 1 saturated heterocycles. The van der Waals surface area contributed by atoms with Crippen molar-refractivity contribution in [2.24, 2.45) is 11.8 Å². The Labute approximate surface area is 240 Å². The summed E-state index contributed by atoms with van der Waals surface area (Å²) in [6.45, 7) is 8.91. The first-order chi connectivity index (χ1) is 19.2. The van der Waals surface area contributed by atoms with E-state index in [1.54, 1.807) is 0 Å². The van der Waals surface area contributed by atoms with Crippen molar-refractivity contribution in [2.45, 2.75) is 83.2 Å². The van der Waals surface area contributed by atoms with Crippen molar-refractivity contribution >= 4 is 25.2 Å². The first kappa shape index (κ1) is 31.4. The van der Waals surface area contributed by atoms with Crippen molar-refractivity contribution < 1.29 is 14.4 Å². The number of anilines is 3. The van der Waals surface area contributed by atoms with Gasteiger partial charge in [-0.2, -0.15) is 9.97 Å². The molecule has 12 heteroatoms. The molecule has 3 aliphatic rings. The van der Waals surface area contributed by atoms with Gasteiger partial charge < -0.3 is 36.4 Å². The third-order valence-corrected chi connectivity index (χ3v) is 9.80. The molecule has 1 atom stereocenters. The second-order valence-electron chi connectivity index (χ2n) is 12.3. The molecule has 0 bridgehead atoms. The monoisotopic (exact) mass is 580 g/mol. The lowest BCUT2D eigenvalue weighted by molar-refractivity contribution is 0.196. The van der Waals surface area contributed by atoms with Crippen LogP contribution in [0, 0.1) is 11.8 Å². The molecule has 2 saturated carbocycles. The Morgan fingerprint density at radius 3 is 2.42 bits per heavy atom. The molecule has 0 radical (unpaired) electrons. The van der Waals surface area contributed by atoms with Crippen LogP contribution in [0.1, 0.15) is 71.1 Å². The molecular formula is C28H53N8O3P. The van der Waals surface area contributed by atoms with Gasteiger partial charge in [-0.05, 0) is 83.3 Å². The Bertz CT molecular complexity index is 936. The number of hydrogen-bond acceptors (Lipinski definition) is 9. The summed E-state index contributed by atoms with van der Waals surface area (Å²) in [7, 11) is -3.99. The second-order valence-corrected chi connectivity index (χ2v) is 14.1. The SMILES string of the molecule is C[C@@H]1CN(c2cc(N)nc(NCC3CCC(CNCCCNC4CCCCC4)CC3)n2)CCN1CCP(=O)(O)O. The summed E-state index contributed by atoms with van der Waals surface area (Å²) in [5.74, 6) is 3.24. The van der Waals surface area contributed by atoms with Crippen LogP contribution in [-0.4, -0.2) is 95.3 Å². The Balaban J connectivity index is 1.11. The standard InChI is InChI=1S/C28H53N8O3P/c1-22-21-36(15-14-35(22)16-17-40(37,38)39)27-18-26(29)33-28(34-27)32-20-24-10-8-23(9-11-24)19-30-12-5-13-31-25-6-3-2-4-7-25/h18,22-25,30-31H,2-17,19-21H2,1H3,(H2,37,38,39)(H3,29,32,33,34)/t22-,23?,24?/m1/s1. The number of nitrogens with one attached hydrogen (secondary N) is 3. The molecular weight excluding hydrogens is 527 g/mol. The van der Waals surface area contributed by atoms with Gasteiger partial charge in [0.25, 0.3) is 0 Å². The summed E-state index contributed by atoms with van der Waals surface area (Å²) in [5, 5.41) is 10.9. The molecule has 0 spiro atoms. The Morgan fingerprint density at radius 2 is 1.73 bits per heavy atom. The first-order valence-electron chi connectivity index (χ1n) is 15.6. The van der Waals surface area contributed by atoms with E-state index in [9.17, 15) is 14.4 Å². The Hall–Kier alpha value is -1.49. The highest BCUT2D eigenvalue weighted by atomic mass is 31.2. The highest BCUT2D eigenvalue weighted by Crippen LogP contribution is 2.34. The van der Waals surface area contributed by atoms with Crippen LogP contribution in [0.2, 0.25) is 0 Å². The van der Waals surface area contributed by atoms with Gasteiger partial charge in [0.2, 0.25) is 5.95 Å². The molecule has 0 unspecified atom stereocenters. The van der Waals surface area contributed by atoms with Crippen LogP contribution in [0.5, 0.6) is 0 Å². The summed E-state index contributed by atoms with van der Waals surface area (Å²) < 4.78 is 11.3. The minimum atomic E-state index is -3.99. The van der Waals surface area contributed by atoms with E-state index in [1.165, 1.54) is 64.2 Å². The van der Waals surface area contributed by atoms with E-state index in [4.69, 9.17) is 10.7 Å². The van der Waals surface area contributed by atoms with E-state index in [0.717, 1.165) is 63.6 Å². The lowest BCUT2D eigenvalue weighted by Gasteiger charge is -2.40. The molecule has 4 rings (SSSR count). The van der Waals surface area contributed by atoms with Crippen LogP contribution in [0.15, 0.2) is 6.07 Å². The zero-order chi connectivity index (χ0) is 28.4. The first-order valence-corrected chi connectivity index (χ1v) is 17.4. The van der Waals surface area contributed by atoms with Crippen molar-refractivity contribution in [1.29, 1.82) is 0 Å². The quantitative estimate of drug-likeness (QED) is 0.142. The summed E-state index contributed by atoms with van der Waals surface area (Å²) >= 11 is 0. The van der Waals surface area contributed by atoms with Crippen molar-refractivity contribution in [2.75, 3.05) is 74.5 Å². The molecule has 40 heavy (non-hydrogen) atoms. The third kappa shape index (κ3) is 10.7. The van der Waals surface area contributed by atoms with Gasteiger partial charge in [0.1, 0.15) is 11.6 Å². The number of rotatable bonds is 14. The van der Waals surface area contributed by atoms with E-state index in [0.29, 0.717) is 24.2 Å².